The fourth-order valence-electron chi connectivity index (χ4n) is 2.22. The zero-order chi connectivity index (χ0) is 15.6. The Bertz CT molecular complexity index is 281. The third kappa shape index (κ3) is 9.08. The lowest BCUT2D eigenvalue weighted by Crippen LogP contribution is -2.36. The Kier molecular flexibility index (Phi) is 9.93. The normalized spacial score (nSPS) is 14.9. The van der Waals surface area contributed by atoms with Gasteiger partial charge in [0.15, 0.2) is 0 Å². The standard InChI is InChI=1S/C15H27F2IO2/c1-4-5-6-7-8-9-10-11-14(2,18)12-15(16,17)13(19)20-3/h4-12H2,1-3H3. The number of hydrogen-bond donors (Lipinski definition) is 0. The summed E-state index contributed by atoms with van der Waals surface area (Å²) in [5.74, 6) is -4.81. The molecule has 0 saturated heterocycles. The van der Waals surface area contributed by atoms with Crippen molar-refractivity contribution in [1.29, 1.82) is 0 Å². The van der Waals surface area contributed by atoms with Gasteiger partial charge in [-0.25, -0.2) is 4.79 Å². The predicted octanol–water partition coefficient (Wildman–Crippen LogP) is 5.52. The van der Waals surface area contributed by atoms with E-state index in [1.807, 2.05) is 22.6 Å². The van der Waals surface area contributed by atoms with Crippen LogP contribution in [0.25, 0.3) is 0 Å². The van der Waals surface area contributed by atoms with Crippen LogP contribution in [0.3, 0.4) is 0 Å². The van der Waals surface area contributed by atoms with E-state index in [-0.39, 0.29) is 0 Å². The summed E-state index contributed by atoms with van der Waals surface area (Å²) in [6, 6.07) is 0. The van der Waals surface area contributed by atoms with E-state index < -0.39 is 21.7 Å². The molecule has 2 nitrogen and oxygen atoms in total. The second-order valence-electron chi connectivity index (χ2n) is 5.66. The quantitative estimate of drug-likeness (QED) is 0.196. The van der Waals surface area contributed by atoms with Crippen molar-refractivity contribution in [3.05, 3.63) is 0 Å². The maximum absolute atomic E-state index is 13.5. The van der Waals surface area contributed by atoms with Crippen molar-refractivity contribution in [2.45, 2.75) is 81.0 Å². The lowest BCUT2D eigenvalue weighted by Gasteiger charge is -2.26. The van der Waals surface area contributed by atoms with Crippen LogP contribution in [-0.2, 0) is 9.53 Å². The minimum atomic E-state index is -3.38. The van der Waals surface area contributed by atoms with Crippen LogP contribution in [0, 0.1) is 0 Å². The Labute approximate surface area is 135 Å². The minimum absolute atomic E-state index is 0.455. The van der Waals surface area contributed by atoms with E-state index >= 15 is 0 Å². The van der Waals surface area contributed by atoms with Gasteiger partial charge in [-0.1, -0.05) is 81.4 Å². The highest BCUT2D eigenvalue weighted by atomic mass is 127. The molecule has 120 valence electrons. The molecule has 1 atom stereocenters. The van der Waals surface area contributed by atoms with Crippen LogP contribution in [0.2, 0.25) is 0 Å². The maximum atomic E-state index is 13.5. The summed E-state index contributed by atoms with van der Waals surface area (Å²) in [6.07, 6.45) is 8.42. The molecule has 0 bridgehead atoms. The highest BCUT2D eigenvalue weighted by molar-refractivity contribution is 14.1. The van der Waals surface area contributed by atoms with Crippen molar-refractivity contribution < 1.29 is 18.3 Å². The first-order chi connectivity index (χ1) is 9.25. The van der Waals surface area contributed by atoms with Crippen molar-refractivity contribution in [2.24, 2.45) is 0 Å². The number of methoxy groups -OCH3 is 1. The fraction of sp³-hybridized carbons (Fsp3) is 0.933. The Morgan fingerprint density at radius 3 is 2.10 bits per heavy atom. The van der Waals surface area contributed by atoms with Crippen molar-refractivity contribution in [3.63, 3.8) is 0 Å². The fourth-order valence-corrected chi connectivity index (χ4v) is 3.08. The molecule has 0 aromatic rings. The van der Waals surface area contributed by atoms with E-state index in [4.69, 9.17) is 0 Å². The second kappa shape index (κ2) is 9.90. The Balaban J connectivity index is 3.92. The Morgan fingerprint density at radius 2 is 1.60 bits per heavy atom. The number of alkyl halides is 3. The van der Waals surface area contributed by atoms with Crippen molar-refractivity contribution >= 4 is 28.6 Å². The predicted molar refractivity (Wildman–Crippen MR) is 86.6 cm³/mol. The average Bonchev–Trinajstić information content (AvgIpc) is 2.35. The van der Waals surface area contributed by atoms with Crippen molar-refractivity contribution in [2.75, 3.05) is 7.11 Å². The molecule has 0 heterocycles. The molecule has 0 aliphatic rings. The van der Waals surface area contributed by atoms with Gasteiger partial charge in [0, 0.05) is 9.84 Å². The van der Waals surface area contributed by atoms with Crippen LogP contribution in [0.15, 0.2) is 0 Å². The molecule has 0 spiro atoms. The molecular weight excluding hydrogens is 377 g/mol. The van der Waals surface area contributed by atoms with Crippen LogP contribution < -0.4 is 0 Å². The first-order valence-corrected chi connectivity index (χ1v) is 8.48. The van der Waals surface area contributed by atoms with Gasteiger partial charge in [-0.15, -0.1) is 0 Å². The molecule has 0 aromatic heterocycles. The van der Waals surface area contributed by atoms with Gasteiger partial charge < -0.3 is 4.74 Å². The largest absolute Gasteiger partial charge is 0.465 e. The van der Waals surface area contributed by atoms with Gasteiger partial charge >= 0.3 is 11.9 Å². The van der Waals surface area contributed by atoms with Crippen molar-refractivity contribution in [3.8, 4) is 0 Å². The number of carbonyl (C=O) groups is 1. The molecule has 0 amide bonds. The Morgan fingerprint density at radius 1 is 1.10 bits per heavy atom. The maximum Gasteiger partial charge on any atom is 0.376 e. The van der Waals surface area contributed by atoms with Gasteiger partial charge in [0.1, 0.15) is 0 Å². The summed E-state index contributed by atoms with van der Waals surface area (Å²) in [5.41, 5.74) is 0. The lowest BCUT2D eigenvalue weighted by molar-refractivity contribution is -0.170. The number of rotatable bonds is 11. The molecule has 0 rings (SSSR count). The van der Waals surface area contributed by atoms with Crippen LogP contribution in [-0.4, -0.2) is 22.4 Å². The van der Waals surface area contributed by atoms with E-state index in [0.29, 0.717) is 6.42 Å². The van der Waals surface area contributed by atoms with Crippen LogP contribution in [0.5, 0.6) is 0 Å². The van der Waals surface area contributed by atoms with Gasteiger partial charge in [-0.05, 0) is 6.42 Å². The van der Waals surface area contributed by atoms with Gasteiger partial charge in [-0.3, -0.25) is 0 Å². The van der Waals surface area contributed by atoms with E-state index in [9.17, 15) is 13.6 Å². The minimum Gasteiger partial charge on any atom is -0.465 e. The zero-order valence-electron chi connectivity index (χ0n) is 12.8. The molecule has 0 aliphatic heterocycles. The molecule has 0 saturated carbocycles. The summed E-state index contributed by atoms with van der Waals surface area (Å²) in [5, 5.41) is 0. The number of esters is 1. The van der Waals surface area contributed by atoms with E-state index in [0.717, 1.165) is 20.0 Å². The number of carbonyl (C=O) groups excluding carboxylic acids is 1. The first-order valence-electron chi connectivity index (χ1n) is 7.40. The van der Waals surface area contributed by atoms with Gasteiger partial charge in [0.2, 0.25) is 0 Å². The van der Waals surface area contributed by atoms with Crippen molar-refractivity contribution in [1.82, 2.24) is 0 Å². The summed E-state index contributed by atoms with van der Waals surface area (Å²) in [7, 11) is 0.997. The number of unbranched alkanes of at least 4 members (excludes halogenated alkanes) is 6. The SMILES string of the molecule is CCCCCCCCCC(C)(I)CC(F)(F)C(=O)OC. The molecule has 0 aromatic carbocycles. The smallest absolute Gasteiger partial charge is 0.376 e. The van der Waals surface area contributed by atoms with E-state index in [2.05, 4.69) is 11.7 Å². The monoisotopic (exact) mass is 404 g/mol. The topological polar surface area (TPSA) is 26.3 Å². The summed E-state index contributed by atoms with van der Waals surface area (Å²) in [6.45, 7) is 3.96. The zero-order valence-corrected chi connectivity index (χ0v) is 15.0. The van der Waals surface area contributed by atoms with Gasteiger partial charge in [0.25, 0.3) is 0 Å². The number of ether oxygens (including phenoxy) is 1. The first kappa shape index (κ1) is 20.1. The van der Waals surface area contributed by atoms with Crippen LogP contribution >= 0.6 is 22.6 Å². The molecule has 5 heteroatoms. The summed E-state index contributed by atoms with van der Waals surface area (Å²) < 4.78 is 30.7. The highest BCUT2D eigenvalue weighted by Gasteiger charge is 2.45. The lowest BCUT2D eigenvalue weighted by atomic mass is 9.95. The van der Waals surface area contributed by atoms with Gasteiger partial charge in [-0.2, -0.15) is 8.78 Å². The molecule has 0 N–H and O–H groups in total. The van der Waals surface area contributed by atoms with Gasteiger partial charge in [0.05, 0.1) is 7.11 Å². The van der Waals surface area contributed by atoms with Crippen LogP contribution in [0.1, 0.15) is 71.6 Å². The Hall–Kier alpha value is 0.0600. The third-order valence-corrected chi connectivity index (χ3v) is 4.30. The molecule has 0 radical (unpaired) electrons. The van der Waals surface area contributed by atoms with Crippen LogP contribution in [0.4, 0.5) is 8.78 Å². The average molecular weight is 404 g/mol. The summed E-state index contributed by atoms with van der Waals surface area (Å²) in [4.78, 5) is 11.0. The molecule has 0 aliphatic carbocycles. The molecule has 20 heavy (non-hydrogen) atoms. The van der Waals surface area contributed by atoms with E-state index in [1.54, 1.807) is 6.92 Å². The molecular formula is C15H27F2IO2. The number of halogens is 3. The second-order valence-corrected chi connectivity index (χ2v) is 8.26. The third-order valence-electron chi connectivity index (χ3n) is 3.38. The summed E-state index contributed by atoms with van der Waals surface area (Å²) >= 11 is 2.04. The molecule has 1 unspecified atom stereocenters. The van der Waals surface area contributed by atoms with E-state index in [1.165, 1.54) is 32.1 Å². The number of hydrogen-bond acceptors (Lipinski definition) is 2. The highest BCUT2D eigenvalue weighted by Crippen LogP contribution is 2.37. The molecule has 0 fully saturated rings.